The van der Waals surface area contributed by atoms with E-state index in [1.54, 1.807) is 29.2 Å². The molecule has 176 valence electrons. The molecule has 0 saturated carbocycles. The van der Waals surface area contributed by atoms with Crippen LogP contribution in [0.2, 0.25) is 0 Å². The number of amides is 2. The van der Waals surface area contributed by atoms with E-state index in [1.165, 1.54) is 6.92 Å². The zero-order valence-corrected chi connectivity index (χ0v) is 19.4. The Hall–Kier alpha value is -4.46. The Balaban J connectivity index is 1.24. The molecule has 1 aromatic heterocycles. The normalized spacial score (nSPS) is 15.3. The number of carbonyl (C=O) groups excluding carboxylic acids is 2. The SMILES string of the molecule is CC(=O)Nc1ccc(Oc2ccc(-c3noc([C@H]4CC(=O)N(c5ccc(C)cc5)C4)n3)cc2)cc1. The summed E-state index contributed by atoms with van der Waals surface area (Å²) in [6.07, 6.45) is 0.336. The molecule has 1 saturated heterocycles. The maximum Gasteiger partial charge on any atom is 0.232 e. The van der Waals surface area contributed by atoms with Crippen LogP contribution in [0.25, 0.3) is 11.4 Å². The minimum atomic E-state index is -0.145. The number of hydrogen-bond donors (Lipinski definition) is 1. The Bertz CT molecular complexity index is 1350. The summed E-state index contributed by atoms with van der Waals surface area (Å²) in [6.45, 7) is 3.99. The molecule has 8 nitrogen and oxygen atoms in total. The molecular formula is C27H24N4O4. The quantitative estimate of drug-likeness (QED) is 0.412. The lowest BCUT2D eigenvalue weighted by atomic mass is 10.1. The summed E-state index contributed by atoms with van der Waals surface area (Å²) in [7, 11) is 0. The molecule has 1 fully saturated rings. The highest BCUT2D eigenvalue weighted by Gasteiger charge is 2.35. The second-order valence-corrected chi connectivity index (χ2v) is 8.53. The third kappa shape index (κ3) is 5.06. The maximum absolute atomic E-state index is 12.6. The van der Waals surface area contributed by atoms with Crippen molar-refractivity contribution in [2.24, 2.45) is 0 Å². The first-order chi connectivity index (χ1) is 16.9. The fourth-order valence-corrected chi connectivity index (χ4v) is 3.98. The Kier molecular flexibility index (Phi) is 6.01. The van der Waals surface area contributed by atoms with Crippen LogP contribution in [0.1, 0.15) is 30.7 Å². The molecule has 0 radical (unpaired) electrons. The Labute approximate surface area is 202 Å². The van der Waals surface area contributed by atoms with Gasteiger partial charge in [-0.05, 0) is 67.6 Å². The van der Waals surface area contributed by atoms with Gasteiger partial charge in [0.05, 0.1) is 5.92 Å². The van der Waals surface area contributed by atoms with Gasteiger partial charge in [-0.3, -0.25) is 9.59 Å². The highest BCUT2D eigenvalue weighted by atomic mass is 16.5. The van der Waals surface area contributed by atoms with E-state index in [2.05, 4.69) is 15.5 Å². The van der Waals surface area contributed by atoms with Gasteiger partial charge in [-0.2, -0.15) is 4.98 Å². The number of ether oxygens (including phenoxy) is 1. The second-order valence-electron chi connectivity index (χ2n) is 8.53. The van der Waals surface area contributed by atoms with Crippen LogP contribution >= 0.6 is 0 Å². The van der Waals surface area contributed by atoms with E-state index < -0.39 is 0 Å². The van der Waals surface area contributed by atoms with Crippen molar-refractivity contribution in [3.05, 3.63) is 84.3 Å². The average Bonchev–Trinajstić information content (AvgIpc) is 3.48. The molecule has 0 aliphatic carbocycles. The Morgan fingerprint density at radius 2 is 1.66 bits per heavy atom. The van der Waals surface area contributed by atoms with Gasteiger partial charge in [-0.1, -0.05) is 22.9 Å². The number of hydrogen-bond acceptors (Lipinski definition) is 6. The number of carbonyl (C=O) groups is 2. The molecular weight excluding hydrogens is 444 g/mol. The van der Waals surface area contributed by atoms with E-state index >= 15 is 0 Å². The fraction of sp³-hybridized carbons (Fsp3) is 0.185. The molecule has 2 amide bonds. The minimum absolute atomic E-state index is 0.0465. The topological polar surface area (TPSA) is 97.6 Å². The zero-order valence-electron chi connectivity index (χ0n) is 19.4. The van der Waals surface area contributed by atoms with Crippen molar-refractivity contribution in [1.29, 1.82) is 0 Å². The van der Waals surface area contributed by atoms with Crippen LogP contribution in [0.3, 0.4) is 0 Å². The molecule has 4 aromatic rings. The van der Waals surface area contributed by atoms with E-state index in [0.29, 0.717) is 41.9 Å². The number of rotatable bonds is 6. The van der Waals surface area contributed by atoms with E-state index in [-0.39, 0.29) is 17.7 Å². The van der Waals surface area contributed by atoms with E-state index in [9.17, 15) is 9.59 Å². The summed E-state index contributed by atoms with van der Waals surface area (Å²) in [6, 6.07) is 22.4. The number of aromatic nitrogens is 2. The van der Waals surface area contributed by atoms with Gasteiger partial charge in [-0.15, -0.1) is 0 Å². The van der Waals surface area contributed by atoms with Gasteiger partial charge in [0.15, 0.2) is 0 Å². The molecule has 0 unspecified atom stereocenters. The maximum atomic E-state index is 12.6. The number of benzene rings is 3. The lowest BCUT2D eigenvalue weighted by molar-refractivity contribution is -0.117. The number of aryl methyl sites for hydroxylation is 1. The van der Waals surface area contributed by atoms with E-state index in [0.717, 1.165) is 16.8 Å². The van der Waals surface area contributed by atoms with Crippen LogP contribution in [0.5, 0.6) is 11.5 Å². The van der Waals surface area contributed by atoms with Gasteiger partial charge in [0.2, 0.25) is 23.5 Å². The van der Waals surface area contributed by atoms with E-state index in [1.807, 2.05) is 55.5 Å². The van der Waals surface area contributed by atoms with Gasteiger partial charge in [0, 0.05) is 36.8 Å². The fourth-order valence-electron chi connectivity index (χ4n) is 3.98. The highest BCUT2D eigenvalue weighted by molar-refractivity contribution is 5.96. The van der Waals surface area contributed by atoms with Crippen molar-refractivity contribution in [2.45, 2.75) is 26.2 Å². The summed E-state index contributed by atoms with van der Waals surface area (Å²) in [4.78, 5) is 30.0. The number of nitrogens with zero attached hydrogens (tertiary/aromatic N) is 3. The smallest absolute Gasteiger partial charge is 0.232 e. The van der Waals surface area contributed by atoms with Crippen molar-refractivity contribution in [1.82, 2.24) is 10.1 Å². The predicted octanol–water partition coefficient (Wildman–Crippen LogP) is 5.32. The second kappa shape index (κ2) is 9.42. The van der Waals surface area contributed by atoms with Crippen molar-refractivity contribution < 1.29 is 18.8 Å². The summed E-state index contributed by atoms with van der Waals surface area (Å²) in [5.74, 6) is 2.01. The number of nitrogens with one attached hydrogen (secondary N) is 1. The molecule has 8 heteroatoms. The van der Waals surface area contributed by atoms with Gasteiger partial charge in [0.1, 0.15) is 11.5 Å². The zero-order chi connectivity index (χ0) is 24.4. The molecule has 35 heavy (non-hydrogen) atoms. The van der Waals surface area contributed by atoms with Gasteiger partial charge in [0.25, 0.3) is 0 Å². The first-order valence-corrected chi connectivity index (χ1v) is 11.3. The minimum Gasteiger partial charge on any atom is -0.457 e. The molecule has 5 rings (SSSR count). The van der Waals surface area contributed by atoms with Crippen molar-refractivity contribution in [2.75, 3.05) is 16.8 Å². The molecule has 3 aromatic carbocycles. The van der Waals surface area contributed by atoms with E-state index in [4.69, 9.17) is 9.26 Å². The monoisotopic (exact) mass is 468 g/mol. The predicted molar refractivity (Wildman–Crippen MR) is 131 cm³/mol. The van der Waals surface area contributed by atoms with Crippen LogP contribution in [0.15, 0.2) is 77.3 Å². The third-order valence-electron chi connectivity index (χ3n) is 5.78. The standard InChI is InChI=1S/C27H24N4O4/c1-17-3-9-22(10-4-17)31-16-20(15-25(31)33)27-29-26(30-35-27)19-5-11-23(12-6-19)34-24-13-7-21(8-14-24)28-18(2)32/h3-14,20H,15-16H2,1-2H3,(H,28,32)/t20-/m0/s1. The molecule has 1 N–H and O–H groups in total. The first kappa shape index (κ1) is 22.3. The van der Waals surface area contributed by atoms with Crippen LogP contribution in [-0.2, 0) is 9.59 Å². The largest absolute Gasteiger partial charge is 0.457 e. The summed E-state index contributed by atoms with van der Waals surface area (Å²) in [5, 5.41) is 6.84. The molecule has 1 aliphatic rings. The lowest BCUT2D eigenvalue weighted by Gasteiger charge is -2.16. The first-order valence-electron chi connectivity index (χ1n) is 11.3. The lowest BCUT2D eigenvalue weighted by Crippen LogP contribution is -2.24. The van der Waals surface area contributed by atoms with Gasteiger partial charge in [-0.25, -0.2) is 0 Å². The molecule has 0 spiro atoms. The molecule has 2 heterocycles. The van der Waals surface area contributed by atoms with Crippen LogP contribution in [0.4, 0.5) is 11.4 Å². The van der Waals surface area contributed by atoms with Crippen LogP contribution < -0.4 is 15.0 Å². The van der Waals surface area contributed by atoms with Gasteiger partial charge >= 0.3 is 0 Å². The Morgan fingerprint density at radius 3 is 2.31 bits per heavy atom. The average molecular weight is 469 g/mol. The highest BCUT2D eigenvalue weighted by Crippen LogP contribution is 2.32. The van der Waals surface area contributed by atoms with Crippen molar-refractivity contribution in [3.8, 4) is 22.9 Å². The van der Waals surface area contributed by atoms with Crippen LogP contribution in [0, 0.1) is 6.92 Å². The molecule has 1 aliphatic heterocycles. The van der Waals surface area contributed by atoms with Crippen molar-refractivity contribution in [3.63, 3.8) is 0 Å². The summed E-state index contributed by atoms with van der Waals surface area (Å²) in [5.41, 5.74) is 3.52. The number of anilines is 2. The Morgan fingerprint density at radius 1 is 1.00 bits per heavy atom. The third-order valence-corrected chi connectivity index (χ3v) is 5.78. The van der Waals surface area contributed by atoms with Crippen molar-refractivity contribution >= 4 is 23.2 Å². The summed E-state index contributed by atoms with van der Waals surface area (Å²) < 4.78 is 11.4. The van der Waals surface area contributed by atoms with Crippen LogP contribution in [-0.4, -0.2) is 28.5 Å². The summed E-state index contributed by atoms with van der Waals surface area (Å²) >= 11 is 0. The molecule has 0 bridgehead atoms. The molecule has 1 atom stereocenters. The van der Waals surface area contributed by atoms with Gasteiger partial charge < -0.3 is 19.5 Å².